The van der Waals surface area contributed by atoms with Crippen molar-refractivity contribution < 1.29 is 9.53 Å². The summed E-state index contributed by atoms with van der Waals surface area (Å²) in [6.45, 7) is 2.58. The van der Waals surface area contributed by atoms with E-state index in [4.69, 9.17) is 4.74 Å². The minimum Gasteiger partial charge on any atom is -0.494 e. The van der Waals surface area contributed by atoms with Gasteiger partial charge in [0.1, 0.15) is 5.75 Å². The first-order chi connectivity index (χ1) is 7.26. The van der Waals surface area contributed by atoms with Crippen LogP contribution < -0.4 is 10.1 Å². The molecule has 1 N–H and O–H groups in total. The zero-order valence-electron chi connectivity index (χ0n) is 8.63. The summed E-state index contributed by atoms with van der Waals surface area (Å²) in [6.07, 6.45) is 0.479. The number of amides is 1. The Morgan fingerprint density at radius 3 is 2.60 bits per heavy atom. The third-order valence-electron chi connectivity index (χ3n) is 1.77. The number of hydrogen-bond acceptors (Lipinski definition) is 2. The van der Waals surface area contributed by atoms with Gasteiger partial charge in [0.05, 0.1) is 6.61 Å². The SMILES string of the molecule is CCOc1ccc(NC(=O)CCBr)cc1. The Kier molecular flexibility index (Phi) is 5.18. The van der Waals surface area contributed by atoms with Crippen molar-refractivity contribution in [3.8, 4) is 5.75 Å². The summed E-state index contributed by atoms with van der Waals surface area (Å²) in [6, 6.07) is 7.34. The number of alkyl halides is 1. The number of ether oxygens (including phenoxy) is 1. The van der Waals surface area contributed by atoms with E-state index in [9.17, 15) is 4.79 Å². The Hall–Kier alpha value is -1.03. The fourth-order valence-corrected chi connectivity index (χ4v) is 1.47. The van der Waals surface area contributed by atoms with Crippen LogP contribution in [0.25, 0.3) is 0 Å². The number of anilines is 1. The van der Waals surface area contributed by atoms with Gasteiger partial charge in [-0.25, -0.2) is 0 Å². The lowest BCUT2D eigenvalue weighted by Gasteiger charge is -2.06. The van der Waals surface area contributed by atoms with E-state index in [-0.39, 0.29) is 5.91 Å². The Balaban J connectivity index is 2.52. The maximum Gasteiger partial charge on any atom is 0.225 e. The molecule has 4 heteroatoms. The van der Waals surface area contributed by atoms with E-state index in [1.807, 2.05) is 31.2 Å². The summed E-state index contributed by atoms with van der Waals surface area (Å²) in [5.41, 5.74) is 0.796. The van der Waals surface area contributed by atoms with Gasteiger partial charge in [-0.05, 0) is 31.2 Å². The molecule has 0 bridgehead atoms. The molecular formula is C11H14BrNO2. The molecule has 0 saturated heterocycles. The Labute approximate surface area is 97.9 Å². The molecule has 0 fully saturated rings. The number of halogens is 1. The highest BCUT2D eigenvalue weighted by Gasteiger charge is 2.00. The molecule has 0 unspecified atom stereocenters. The summed E-state index contributed by atoms with van der Waals surface area (Å²) in [4.78, 5) is 11.3. The second-order valence-corrected chi connectivity index (χ2v) is 3.74. The van der Waals surface area contributed by atoms with Crippen molar-refractivity contribution in [2.24, 2.45) is 0 Å². The first kappa shape index (κ1) is 12.0. The van der Waals surface area contributed by atoms with Gasteiger partial charge in [0.15, 0.2) is 0 Å². The number of hydrogen-bond donors (Lipinski definition) is 1. The first-order valence-electron chi connectivity index (χ1n) is 4.85. The lowest BCUT2D eigenvalue weighted by atomic mass is 10.3. The average Bonchev–Trinajstić information content (AvgIpc) is 2.22. The van der Waals surface area contributed by atoms with E-state index in [0.29, 0.717) is 18.4 Å². The van der Waals surface area contributed by atoms with Crippen molar-refractivity contribution in [1.82, 2.24) is 0 Å². The zero-order valence-corrected chi connectivity index (χ0v) is 10.2. The lowest BCUT2D eigenvalue weighted by Crippen LogP contribution is -2.11. The van der Waals surface area contributed by atoms with E-state index in [2.05, 4.69) is 21.2 Å². The molecule has 0 radical (unpaired) electrons. The highest BCUT2D eigenvalue weighted by Crippen LogP contribution is 2.15. The Morgan fingerprint density at radius 2 is 2.07 bits per heavy atom. The highest BCUT2D eigenvalue weighted by atomic mass is 79.9. The van der Waals surface area contributed by atoms with Crippen molar-refractivity contribution in [2.75, 3.05) is 17.3 Å². The molecule has 0 heterocycles. The largest absolute Gasteiger partial charge is 0.494 e. The van der Waals surface area contributed by atoms with E-state index in [1.165, 1.54) is 0 Å². The van der Waals surface area contributed by atoms with E-state index in [0.717, 1.165) is 11.4 Å². The van der Waals surface area contributed by atoms with Crippen LogP contribution in [0.5, 0.6) is 5.75 Å². The molecule has 1 rings (SSSR count). The van der Waals surface area contributed by atoms with Gasteiger partial charge in [-0.15, -0.1) is 0 Å². The number of benzene rings is 1. The van der Waals surface area contributed by atoms with E-state index in [1.54, 1.807) is 0 Å². The summed E-state index contributed by atoms with van der Waals surface area (Å²) in [5, 5.41) is 3.46. The van der Waals surface area contributed by atoms with Gasteiger partial charge < -0.3 is 10.1 Å². The third-order valence-corrected chi connectivity index (χ3v) is 2.17. The smallest absolute Gasteiger partial charge is 0.225 e. The van der Waals surface area contributed by atoms with Crippen LogP contribution in [0.15, 0.2) is 24.3 Å². The fraction of sp³-hybridized carbons (Fsp3) is 0.364. The highest BCUT2D eigenvalue weighted by molar-refractivity contribution is 9.09. The maximum atomic E-state index is 11.3. The number of rotatable bonds is 5. The van der Waals surface area contributed by atoms with Crippen LogP contribution in [-0.4, -0.2) is 17.8 Å². The molecule has 0 aromatic heterocycles. The summed E-state index contributed by atoms with van der Waals surface area (Å²) in [7, 11) is 0. The molecule has 1 aromatic rings. The summed E-state index contributed by atoms with van der Waals surface area (Å²) < 4.78 is 5.29. The van der Waals surface area contributed by atoms with Gasteiger partial charge in [0.25, 0.3) is 0 Å². The molecule has 0 aliphatic rings. The minimum absolute atomic E-state index is 0.0102. The van der Waals surface area contributed by atoms with Gasteiger partial charge in [-0.1, -0.05) is 15.9 Å². The monoisotopic (exact) mass is 271 g/mol. The van der Waals surface area contributed by atoms with Crippen molar-refractivity contribution in [2.45, 2.75) is 13.3 Å². The molecule has 0 atom stereocenters. The molecule has 15 heavy (non-hydrogen) atoms. The second-order valence-electron chi connectivity index (χ2n) is 2.94. The lowest BCUT2D eigenvalue weighted by molar-refractivity contribution is -0.115. The molecule has 82 valence electrons. The molecule has 1 aromatic carbocycles. The molecule has 0 saturated carbocycles. The summed E-state index contributed by atoms with van der Waals surface area (Å²) >= 11 is 3.21. The van der Waals surface area contributed by atoms with Crippen molar-refractivity contribution in [1.29, 1.82) is 0 Å². The van der Waals surface area contributed by atoms with Crippen LogP contribution in [0.3, 0.4) is 0 Å². The van der Waals surface area contributed by atoms with Gasteiger partial charge in [0.2, 0.25) is 5.91 Å². The Morgan fingerprint density at radius 1 is 1.40 bits per heavy atom. The average molecular weight is 272 g/mol. The predicted molar refractivity (Wildman–Crippen MR) is 64.7 cm³/mol. The quantitative estimate of drug-likeness (QED) is 0.837. The molecule has 0 aliphatic carbocycles. The van der Waals surface area contributed by atoms with E-state index >= 15 is 0 Å². The standard InChI is InChI=1S/C11H14BrNO2/c1-2-15-10-5-3-9(4-6-10)13-11(14)7-8-12/h3-6H,2,7-8H2,1H3,(H,13,14). The van der Waals surface area contributed by atoms with Crippen LogP contribution >= 0.6 is 15.9 Å². The van der Waals surface area contributed by atoms with Crippen molar-refractivity contribution in [3.05, 3.63) is 24.3 Å². The van der Waals surface area contributed by atoms with Crippen LogP contribution in [0.1, 0.15) is 13.3 Å². The molecule has 3 nitrogen and oxygen atoms in total. The fourth-order valence-electron chi connectivity index (χ4n) is 1.11. The Bertz CT molecular complexity index is 311. The summed E-state index contributed by atoms with van der Waals surface area (Å²) in [5.74, 6) is 0.826. The van der Waals surface area contributed by atoms with Gasteiger partial charge >= 0.3 is 0 Å². The van der Waals surface area contributed by atoms with Crippen LogP contribution in [0.4, 0.5) is 5.69 Å². The van der Waals surface area contributed by atoms with Crippen molar-refractivity contribution >= 4 is 27.5 Å². The predicted octanol–water partition coefficient (Wildman–Crippen LogP) is 2.81. The van der Waals surface area contributed by atoms with Crippen LogP contribution in [-0.2, 0) is 4.79 Å². The first-order valence-corrected chi connectivity index (χ1v) is 5.97. The van der Waals surface area contributed by atoms with E-state index < -0.39 is 0 Å². The zero-order chi connectivity index (χ0) is 11.1. The second kappa shape index (κ2) is 6.45. The number of carbonyl (C=O) groups is 1. The van der Waals surface area contributed by atoms with Gasteiger partial charge in [-0.2, -0.15) is 0 Å². The maximum absolute atomic E-state index is 11.3. The number of carbonyl (C=O) groups excluding carboxylic acids is 1. The number of nitrogens with one attached hydrogen (secondary N) is 1. The van der Waals surface area contributed by atoms with Crippen LogP contribution in [0, 0.1) is 0 Å². The molecule has 0 aliphatic heterocycles. The van der Waals surface area contributed by atoms with Crippen molar-refractivity contribution in [3.63, 3.8) is 0 Å². The third kappa shape index (κ3) is 4.34. The normalized spacial score (nSPS) is 9.73. The molecule has 0 spiro atoms. The van der Waals surface area contributed by atoms with Gasteiger partial charge in [0, 0.05) is 17.4 Å². The molecular weight excluding hydrogens is 258 g/mol. The van der Waals surface area contributed by atoms with Crippen LogP contribution in [0.2, 0.25) is 0 Å². The van der Waals surface area contributed by atoms with Gasteiger partial charge in [-0.3, -0.25) is 4.79 Å². The molecule has 1 amide bonds. The topological polar surface area (TPSA) is 38.3 Å². The minimum atomic E-state index is 0.0102.